The van der Waals surface area contributed by atoms with E-state index in [0.29, 0.717) is 30.8 Å². The summed E-state index contributed by atoms with van der Waals surface area (Å²) in [6.45, 7) is 4.79. The van der Waals surface area contributed by atoms with Crippen LogP contribution in [0.25, 0.3) is 5.76 Å². The van der Waals surface area contributed by atoms with Gasteiger partial charge in [0, 0.05) is 36.3 Å². The van der Waals surface area contributed by atoms with Crippen LogP contribution in [-0.4, -0.2) is 104 Å². The van der Waals surface area contributed by atoms with E-state index in [1.165, 1.54) is 25.1 Å². The number of nitrogens with two attached hydrogens (primary N) is 1. The van der Waals surface area contributed by atoms with Gasteiger partial charge < -0.3 is 31.1 Å². The van der Waals surface area contributed by atoms with Gasteiger partial charge >= 0.3 is 16.1 Å². The number of nitrogens with zero attached hydrogens (tertiary/aromatic N) is 3. The number of carbonyl (C=O) groups excluding carboxylic acids is 3. The van der Waals surface area contributed by atoms with Gasteiger partial charge in [0.15, 0.2) is 11.4 Å². The topological polar surface area (TPSA) is 282 Å². The second-order valence-corrected chi connectivity index (χ2v) is 11.8. The number of hydrogen-bond donors (Lipinski definition) is 7. The maximum atomic E-state index is 13.9. The Kier molecular flexibility index (Phi) is 9.47. The molecule has 8 N–H and O–H groups in total. The highest BCUT2D eigenvalue weighted by Gasteiger charge is 2.64. The summed E-state index contributed by atoms with van der Waals surface area (Å²) in [4.78, 5) is 53.5. The first kappa shape index (κ1) is 34.4. The third kappa shape index (κ3) is 5.73. The Balaban J connectivity index is 0.000000978. The number of anilines is 1. The lowest BCUT2D eigenvalue weighted by Gasteiger charge is -2.50. The van der Waals surface area contributed by atoms with E-state index in [4.69, 9.17) is 23.3 Å². The number of likely N-dealkylation sites (N-methyl/N-ethyl adjacent to an activating group) is 1. The molecule has 0 heterocycles. The maximum Gasteiger partial charge on any atom is 0.394 e. The number of hydrogen-bond acceptors (Lipinski definition) is 13. The summed E-state index contributed by atoms with van der Waals surface area (Å²) in [6.07, 6.45) is 0.695. The van der Waals surface area contributed by atoms with Crippen LogP contribution >= 0.6 is 0 Å². The molecule has 0 aliphatic heterocycles. The van der Waals surface area contributed by atoms with Gasteiger partial charge in [0.25, 0.3) is 5.91 Å². The number of phenolic OH excluding ortho intramolecular Hbond substituents is 1. The number of aliphatic hydroxyl groups excluding tert-OH is 2. The number of ketones is 2. The highest BCUT2D eigenvalue weighted by atomic mass is 32.3. The summed E-state index contributed by atoms with van der Waals surface area (Å²) in [5.41, 5.74) is 1.12. The van der Waals surface area contributed by atoms with Crippen molar-refractivity contribution in [3.8, 4) is 5.75 Å². The van der Waals surface area contributed by atoms with Gasteiger partial charge in [0.1, 0.15) is 17.1 Å². The second-order valence-electron chi connectivity index (χ2n) is 10.9. The number of aliphatic hydroxyl groups is 3. The number of phenols is 1. The van der Waals surface area contributed by atoms with Crippen LogP contribution in [0.2, 0.25) is 0 Å². The number of nitro groups is 1. The highest BCUT2D eigenvalue weighted by Crippen LogP contribution is 2.55. The van der Waals surface area contributed by atoms with Crippen molar-refractivity contribution in [2.75, 3.05) is 32.1 Å². The minimum absolute atomic E-state index is 0.0512. The summed E-state index contributed by atoms with van der Waals surface area (Å²) in [7, 11) is -1.63. The standard InChI is InChI=1S/C26H32N4O9.H2O4S/c1-5-7-29(6-2)14-10-15(30(38)39)20(31)17-12(14)8-11-9-13-19(28(3)4)22(33)18(25(27)36)24(35)26(13,37)23(34)16(11)21(17)32;1-5(2,3)4/h10-11,13,19,31-32,35,37H,5-9H2,1-4H3,(H2,27,36);(H2,1,2,3,4)/t11?,13?,19-,26-;/m0./s1. The summed E-state index contributed by atoms with van der Waals surface area (Å²) in [6, 6.07) is 0.0481. The number of amides is 1. The van der Waals surface area contributed by atoms with Gasteiger partial charge in [0.2, 0.25) is 11.5 Å². The van der Waals surface area contributed by atoms with E-state index >= 15 is 0 Å². The van der Waals surface area contributed by atoms with E-state index in [9.17, 15) is 44.9 Å². The molecule has 17 nitrogen and oxygen atoms in total. The molecule has 1 fully saturated rings. The molecule has 1 aromatic rings. The molecular weight excluding hydrogens is 608 g/mol. The van der Waals surface area contributed by atoms with E-state index in [-0.39, 0.29) is 24.0 Å². The van der Waals surface area contributed by atoms with Crippen molar-refractivity contribution < 1.29 is 57.3 Å². The minimum atomic E-state index is -4.67. The Morgan fingerprint density at radius 2 is 1.75 bits per heavy atom. The fourth-order valence-corrected chi connectivity index (χ4v) is 6.42. The van der Waals surface area contributed by atoms with Crippen molar-refractivity contribution in [3.63, 3.8) is 0 Å². The molecule has 0 aromatic heterocycles. The first-order valence-corrected chi connectivity index (χ1v) is 14.8. The number of nitro benzene ring substituents is 1. The molecule has 44 heavy (non-hydrogen) atoms. The van der Waals surface area contributed by atoms with Crippen molar-refractivity contribution >= 4 is 45.0 Å². The number of carbonyl (C=O) groups is 3. The van der Waals surface area contributed by atoms with Gasteiger partial charge in [-0.2, -0.15) is 8.42 Å². The van der Waals surface area contributed by atoms with Crippen molar-refractivity contribution in [2.45, 2.75) is 44.8 Å². The first-order valence-electron chi connectivity index (χ1n) is 13.4. The number of fused-ring (bicyclic) bond motifs is 3. The molecule has 1 amide bonds. The van der Waals surface area contributed by atoms with Gasteiger partial charge in [-0.3, -0.25) is 38.5 Å². The van der Waals surface area contributed by atoms with Crippen LogP contribution in [0.3, 0.4) is 0 Å². The van der Waals surface area contributed by atoms with Crippen LogP contribution in [0, 0.1) is 22.0 Å². The van der Waals surface area contributed by atoms with Crippen molar-refractivity contribution in [1.29, 1.82) is 0 Å². The second kappa shape index (κ2) is 12.1. The first-order chi connectivity index (χ1) is 20.2. The average Bonchev–Trinajstić information content (AvgIpc) is 2.88. The van der Waals surface area contributed by atoms with E-state index < -0.39 is 84.8 Å². The Labute approximate surface area is 251 Å². The summed E-state index contributed by atoms with van der Waals surface area (Å²) < 4.78 is 31.6. The van der Waals surface area contributed by atoms with Gasteiger partial charge in [-0.1, -0.05) is 6.92 Å². The average molecular weight is 643 g/mol. The minimum Gasteiger partial charge on any atom is -0.508 e. The molecule has 4 rings (SSSR count). The molecule has 18 heteroatoms. The van der Waals surface area contributed by atoms with Gasteiger partial charge in [0.05, 0.1) is 16.5 Å². The number of aromatic hydroxyl groups is 1. The molecule has 3 aliphatic carbocycles. The molecule has 0 spiro atoms. The fraction of sp³-hybridized carbons (Fsp3) is 0.500. The quantitative estimate of drug-likeness (QED) is 0.0920. The third-order valence-electron chi connectivity index (χ3n) is 8.09. The third-order valence-corrected chi connectivity index (χ3v) is 8.09. The van der Waals surface area contributed by atoms with Crippen LogP contribution in [0.15, 0.2) is 23.0 Å². The largest absolute Gasteiger partial charge is 0.508 e. The van der Waals surface area contributed by atoms with Gasteiger partial charge in [-0.05, 0) is 51.8 Å². The number of primary amides is 1. The van der Waals surface area contributed by atoms with Crippen LogP contribution in [0.4, 0.5) is 11.4 Å². The van der Waals surface area contributed by atoms with Crippen molar-refractivity contribution in [2.24, 2.45) is 17.6 Å². The lowest BCUT2D eigenvalue weighted by molar-refractivity contribution is -0.385. The highest BCUT2D eigenvalue weighted by molar-refractivity contribution is 7.79. The Morgan fingerprint density at radius 1 is 1.18 bits per heavy atom. The SMILES string of the molecule is CCCN(CC)c1cc([N+](=O)[O-])c(O)c2c1CC1CC3[C@H](N(C)C)C(=O)C(C(N)=O)=C(O)[C@@]3(O)C(=O)C1=C2O.O=S(=O)(O)O. The zero-order chi connectivity index (χ0) is 33.6. The smallest absolute Gasteiger partial charge is 0.394 e. The van der Waals surface area contributed by atoms with Crippen LogP contribution in [0.1, 0.15) is 37.8 Å². The lowest BCUT2D eigenvalue weighted by atomic mass is 9.57. The van der Waals surface area contributed by atoms with Gasteiger partial charge in [-0.15, -0.1) is 0 Å². The molecule has 2 unspecified atom stereocenters. The van der Waals surface area contributed by atoms with E-state index in [1.807, 2.05) is 18.7 Å². The molecule has 0 bridgehead atoms. The lowest BCUT2D eigenvalue weighted by Crippen LogP contribution is -2.65. The molecule has 3 aliphatic rings. The summed E-state index contributed by atoms with van der Waals surface area (Å²) in [5.74, 6) is -8.10. The molecular formula is C26H34N4O13S. The Hall–Kier alpha value is -4.10. The van der Waals surface area contributed by atoms with E-state index in [0.717, 1.165) is 0 Å². The number of rotatable bonds is 7. The van der Waals surface area contributed by atoms with Crippen molar-refractivity contribution in [3.05, 3.63) is 44.2 Å². The normalized spacial score (nSPS) is 24.7. The van der Waals surface area contributed by atoms with E-state index in [1.54, 1.807) is 0 Å². The number of benzene rings is 1. The van der Waals surface area contributed by atoms with Crippen LogP contribution in [-0.2, 0) is 31.2 Å². The molecule has 242 valence electrons. The predicted octanol–water partition coefficient (Wildman–Crippen LogP) is 0.456. The van der Waals surface area contributed by atoms with Crippen LogP contribution < -0.4 is 10.6 Å². The van der Waals surface area contributed by atoms with Crippen LogP contribution in [0.5, 0.6) is 5.75 Å². The Bertz CT molecular complexity index is 1590. The monoisotopic (exact) mass is 642 g/mol. The van der Waals surface area contributed by atoms with Crippen molar-refractivity contribution in [1.82, 2.24) is 4.90 Å². The summed E-state index contributed by atoms with van der Waals surface area (Å²) in [5, 5.41) is 56.7. The maximum absolute atomic E-state index is 13.9. The zero-order valence-electron chi connectivity index (χ0n) is 24.2. The fourth-order valence-electron chi connectivity index (χ4n) is 6.42. The molecule has 1 saturated carbocycles. The molecule has 1 aromatic carbocycles. The predicted molar refractivity (Wildman–Crippen MR) is 153 cm³/mol. The Morgan fingerprint density at radius 3 is 2.20 bits per heavy atom. The number of Topliss-reactive ketones (excluding diaryl/α,β-unsaturated/α-hetero) is 2. The molecule has 0 saturated heterocycles. The molecule has 0 radical (unpaired) electrons. The molecule has 4 atom stereocenters. The zero-order valence-corrected chi connectivity index (χ0v) is 25.0. The summed E-state index contributed by atoms with van der Waals surface area (Å²) >= 11 is 0. The van der Waals surface area contributed by atoms with Gasteiger partial charge in [-0.25, -0.2) is 0 Å². The van der Waals surface area contributed by atoms with E-state index in [2.05, 4.69) is 0 Å².